The highest BCUT2D eigenvalue weighted by Gasteiger charge is 2.10. The number of hydrogen-bond donors (Lipinski definition) is 1. The Balaban J connectivity index is 3.71. The quantitative estimate of drug-likeness (QED) is 0.481. The molecule has 1 atom stereocenters. The van der Waals surface area contributed by atoms with Crippen molar-refractivity contribution in [3.05, 3.63) is 0 Å². The van der Waals surface area contributed by atoms with Crippen LogP contribution in [0.2, 0.25) is 0 Å². The highest BCUT2D eigenvalue weighted by atomic mass is 33.1. The molecule has 0 aromatic rings. The van der Waals surface area contributed by atoms with Gasteiger partial charge >= 0.3 is 0 Å². The molecule has 0 spiro atoms. The van der Waals surface area contributed by atoms with Crippen molar-refractivity contribution in [3.8, 4) is 0 Å². The first kappa shape index (κ1) is 16.0. The van der Waals surface area contributed by atoms with Crippen molar-refractivity contribution in [3.63, 3.8) is 0 Å². The van der Waals surface area contributed by atoms with Gasteiger partial charge in [-0.25, -0.2) is 0 Å². The third-order valence-electron chi connectivity index (χ3n) is 1.20. The molecule has 2 nitrogen and oxygen atoms in total. The second-order valence-electron chi connectivity index (χ2n) is 3.00. The van der Waals surface area contributed by atoms with Crippen molar-refractivity contribution in [2.45, 2.75) is 33.0 Å². The molecule has 0 amide bonds. The van der Waals surface area contributed by atoms with Crippen LogP contribution in [0.25, 0.3) is 0 Å². The van der Waals surface area contributed by atoms with Crippen LogP contribution in [0.3, 0.4) is 0 Å². The molecule has 0 rings (SSSR count). The molecular weight excluding hydrogens is 288 g/mol. The van der Waals surface area contributed by atoms with E-state index in [0.29, 0.717) is 14.5 Å². The molecule has 15 heavy (non-hydrogen) atoms. The van der Waals surface area contributed by atoms with Gasteiger partial charge in [0.2, 0.25) is 4.38 Å². The number of rotatable bonds is 4. The number of thiocarbonyl (C=S) groups is 2. The van der Waals surface area contributed by atoms with E-state index >= 15 is 0 Å². The average molecular weight is 303 g/mol. The molecule has 0 N–H and O–H groups in total. The largest absolute Gasteiger partial charge is 0.473 e. The van der Waals surface area contributed by atoms with E-state index in [9.17, 15) is 0 Å². The fourth-order valence-electron chi connectivity index (χ4n) is 0.637. The van der Waals surface area contributed by atoms with Gasteiger partial charge in [0.15, 0.2) is 0 Å². The van der Waals surface area contributed by atoms with Gasteiger partial charge in [-0.15, -0.1) is 11.7 Å². The maximum absolute atomic E-state index is 5.41. The summed E-state index contributed by atoms with van der Waals surface area (Å²) in [5, 5.41) is 0. The molecule has 0 aliphatic rings. The Morgan fingerprint density at radius 1 is 1.33 bits per heavy atom. The minimum absolute atomic E-state index is 0.0554. The summed E-state index contributed by atoms with van der Waals surface area (Å²) in [5.41, 5.74) is 0. The smallest absolute Gasteiger partial charge is 0.226 e. The van der Waals surface area contributed by atoms with E-state index < -0.39 is 0 Å². The van der Waals surface area contributed by atoms with Crippen molar-refractivity contribution >= 4 is 66.6 Å². The summed E-state index contributed by atoms with van der Waals surface area (Å²) in [5.74, 6) is 0. The number of thiol groups is 1. The second kappa shape index (κ2) is 9.07. The molecule has 0 radical (unpaired) electrons. The minimum atomic E-state index is -0.0554. The van der Waals surface area contributed by atoms with Crippen LogP contribution in [0.1, 0.15) is 20.8 Å². The van der Waals surface area contributed by atoms with Crippen LogP contribution in [0.5, 0.6) is 0 Å². The second-order valence-corrected chi connectivity index (χ2v) is 6.94. The molecular formula is C8H14O2S5. The van der Waals surface area contributed by atoms with E-state index in [1.54, 1.807) is 0 Å². The molecule has 0 heterocycles. The lowest BCUT2D eigenvalue weighted by atomic mass is 10.4. The molecule has 0 aromatic carbocycles. The van der Waals surface area contributed by atoms with Crippen molar-refractivity contribution < 1.29 is 9.47 Å². The average Bonchev–Trinajstić information content (AvgIpc) is 2.14. The zero-order chi connectivity index (χ0) is 11.8. The van der Waals surface area contributed by atoms with Gasteiger partial charge in [-0.2, -0.15) is 0 Å². The zero-order valence-electron chi connectivity index (χ0n) is 8.76. The molecule has 0 aliphatic carbocycles. The van der Waals surface area contributed by atoms with E-state index in [0.717, 1.165) is 0 Å². The third kappa shape index (κ3) is 9.89. The first-order valence-electron chi connectivity index (χ1n) is 4.31. The van der Waals surface area contributed by atoms with E-state index in [1.165, 1.54) is 22.6 Å². The van der Waals surface area contributed by atoms with Crippen LogP contribution < -0.4 is 0 Å². The Morgan fingerprint density at radius 2 is 1.93 bits per heavy atom. The van der Waals surface area contributed by atoms with Gasteiger partial charge in [0.05, 0.1) is 12.7 Å². The normalized spacial score (nSPS) is 12.6. The number of ether oxygens (including phenoxy) is 2. The Hall–Kier alpha value is 0.990. The van der Waals surface area contributed by atoms with Crippen molar-refractivity contribution in [2.24, 2.45) is 0 Å². The van der Waals surface area contributed by atoms with E-state index in [1.807, 2.05) is 20.8 Å². The first-order chi connectivity index (χ1) is 6.95. The molecule has 0 aromatic heterocycles. The maximum atomic E-state index is 5.41. The number of thioether (sulfide) groups is 1. The predicted molar refractivity (Wildman–Crippen MR) is 81.0 cm³/mol. The summed E-state index contributed by atoms with van der Waals surface area (Å²) < 4.78 is 11.9. The fourth-order valence-corrected chi connectivity index (χ4v) is 2.65. The van der Waals surface area contributed by atoms with Crippen LogP contribution in [0, 0.1) is 0 Å². The highest BCUT2D eigenvalue weighted by molar-refractivity contribution is 8.83. The predicted octanol–water partition coefficient (Wildman–Crippen LogP) is 3.70. The Morgan fingerprint density at radius 3 is 2.40 bits per heavy atom. The van der Waals surface area contributed by atoms with Crippen LogP contribution in [0.15, 0.2) is 0 Å². The van der Waals surface area contributed by atoms with Crippen LogP contribution in [-0.2, 0) is 9.47 Å². The molecule has 0 bridgehead atoms. The number of hydrogen-bond acceptors (Lipinski definition) is 7. The Kier molecular flexibility index (Phi) is 9.66. The van der Waals surface area contributed by atoms with E-state index in [2.05, 4.69) is 11.7 Å². The molecule has 7 heteroatoms. The van der Waals surface area contributed by atoms with Crippen molar-refractivity contribution in [2.75, 3.05) is 6.61 Å². The fraction of sp³-hybridized carbons (Fsp3) is 0.750. The standard InChI is InChI=1S/C8H14O2S5/c1-5(2)9-4-6(3)10-7(11)14-8(12)15-13/h5-6,13H,4H2,1-3H3. The van der Waals surface area contributed by atoms with Gasteiger partial charge in [0, 0.05) is 0 Å². The van der Waals surface area contributed by atoms with Gasteiger partial charge in [-0.05, 0) is 55.5 Å². The van der Waals surface area contributed by atoms with Crippen LogP contribution >= 0.6 is 58.7 Å². The molecule has 1 unspecified atom stereocenters. The van der Waals surface area contributed by atoms with Crippen molar-refractivity contribution in [1.82, 2.24) is 0 Å². The van der Waals surface area contributed by atoms with E-state index in [-0.39, 0.29) is 12.2 Å². The van der Waals surface area contributed by atoms with E-state index in [4.69, 9.17) is 33.9 Å². The molecule has 0 fully saturated rings. The minimum Gasteiger partial charge on any atom is -0.473 e. The highest BCUT2D eigenvalue weighted by Crippen LogP contribution is 2.22. The van der Waals surface area contributed by atoms with Gasteiger partial charge < -0.3 is 9.47 Å². The summed E-state index contributed by atoms with van der Waals surface area (Å²) in [6.07, 6.45) is 0.145. The summed E-state index contributed by atoms with van der Waals surface area (Å²) in [6.45, 7) is 6.39. The first-order valence-corrected chi connectivity index (χ1v) is 7.81. The van der Waals surface area contributed by atoms with Crippen LogP contribution in [-0.4, -0.2) is 26.7 Å². The van der Waals surface area contributed by atoms with Crippen LogP contribution in [0.4, 0.5) is 0 Å². The summed E-state index contributed by atoms with van der Waals surface area (Å²) >= 11 is 15.1. The lowest BCUT2D eigenvalue weighted by Crippen LogP contribution is -2.20. The Labute approximate surface area is 115 Å². The van der Waals surface area contributed by atoms with Crippen molar-refractivity contribution in [1.29, 1.82) is 0 Å². The molecule has 0 saturated heterocycles. The lowest BCUT2D eigenvalue weighted by Gasteiger charge is -2.16. The maximum Gasteiger partial charge on any atom is 0.226 e. The summed E-state index contributed by atoms with van der Waals surface area (Å²) in [7, 11) is 1.19. The van der Waals surface area contributed by atoms with Gasteiger partial charge in [0.1, 0.15) is 9.63 Å². The molecule has 0 aliphatic heterocycles. The SMILES string of the molecule is CC(C)OCC(C)OC(=S)SC(=S)SS. The molecule has 88 valence electrons. The van der Waals surface area contributed by atoms with Gasteiger partial charge in [0.25, 0.3) is 0 Å². The summed E-state index contributed by atoms with van der Waals surface area (Å²) in [6, 6.07) is 0. The monoisotopic (exact) mass is 302 g/mol. The van der Waals surface area contributed by atoms with Gasteiger partial charge in [-0.1, -0.05) is 12.2 Å². The van der Waals surface area contributed by atoms with Gasteiger partial charge in [-0.3, -0.25) is 0 Å². The lowest BCUT2D eigenvalue weighted by molar-refractivity contribution is 0.0214. The zero-order valence-corrected chi connectivity index (χ0v) is 12.9. The summed E-state index contributed by atoms with van der Waals surface area (Å²) in [4.78, 5) is 0. The molecule has 0 saturated carbocycles. The third-order valence-corrected chi connectivity index (χ3v) is 4.42. The topological polar surface area (TPSA) is 18.5 Å². The Bertz CT molecular complexity index is 219.